The van der Waals surface area contributed by atoms with Gasteiger partial charge in [0.25, 0.3) is 5.91 Å². The number of ether oxygens (including phenoxy) is 1. The first kappa shape index (κ1) is 13.6. The lowest BCUT2D eigenvalue weighted by Gasteiger charge is -2.23. The molecular weight excluding hydrogens is 266 g/mol. The molecule has 0 N–H and O–H groups in total. The van der Waals surface area contributed by atoms with Gasteiger partial charge in [0.1, 0.15) is 6.04 Å². The molecule has 1 fully saturated rings. The fraction of sp³-hybridized carbons (Fsp3) is 0.294. The predicted molar refractivity (Wildman–Crippen MR) is 80.0 cm³/mol. The predicted octanol–water partition coefficient (Wildman–Crippen LogP) is 2.62. The molecule has 1 amide bonds. The minimum atomic E-state index is -0.457. The summed E-state index contributed by atoms with van der Waals surface area (Å²) in [6.45, 7) is 0.599. The molecule has 1 heterocycles. The van der Waals surface area contributed by atoms with Crippen LogP contribution in [0.15, 0.2) is 42.5 Å². The number of carbonyl (C=O) groups is 2. The van der Waals surface area contributed by atoms with Crippen molar-refractivity contribution in [2.75, 3.05) is 13.7 Å². The average molecular weight is 283 g/mol. The highest BCUT2D eigenvalue weighted by atomic mass is 16.5. The van der Waals surface area contributed by atoms with Crippen LogP contribution in [0.4, 0.5) is 0 Å². The second-order valence-electron chi connectivity index (χ2n) is 5.21. The normalized spacial score (nSPS) is 18.0. The Morgan fingerprint density at radius 1 is 1.14 bits per heavy atom. The number of carbonyl (C=O) groups excluding carboxylic acids is 2. The van der Waals surface area contributed by atoms with Crippen LogP contribution in [-0.4, -0.2) is 36.5 Å². The van der Waals surface area contributed by atoms with Gasteiger partial charge in [-0.25, -0.2) is 4.79 Å². The lowest BCUT2D eigenvalue weighted by atomic mass is 10.0. The van der Waals surface area contributed by atoms with E-state index in [2.05, 4.69) is 0 Å². The molecule has 1 saturated heterocycles. The maximum atomic E-state index is 12.8. The molecule has 2 aromatic carbocycles. The van der Waals surface area contributed by atoms with Crippen molar-refractivity contribution in [1.82, 2.24) is 4.90 Å². The van der Waals surface area contributed by atoms with E-state index >= 15 is 0 Å². The van der Waals surface area contributed by atoms with Gasteiger partial charge in [-0.2, -0.15) is 0 Å². The first-order chi connectivity index (χ1) is 10.2. The van der Waals surface area contributed by atoms with E-state index in [1.54, 1.807) is 4.90 Å². The molecule has 21 heavy (non-hydrogen) atoms. The van der Waals surface area contributed by atoms with Crippen molar-refractivity contribution in [3.63, 3.8) is 0 Å². The molecular formula is C17H17NO3. The van der Waals surface area contributed by atoms with E-state index in [0.29, 0.717) is 18.5 Å². The minimum Gasteiger partial charge on any atom is -0.467 e. The van der Waals surface area contributed by atoms with Crippen LogP contribution in [0.3, 0.4) is 0 Å². The Hall–Kier alpha value is -2.36. The number of esters is 1. The van der Waals surface area contributed by atoms with Gasteiger partial charge in [0.15, 0.2) is 0 Å². The van der Waals surface area contributed by atoms with Gasteiger partial charge in [-0.3, -0.25) is 4.79 Å². The largest absolute Gasteiger partial charge is 0.467 e. The summed E-state index contributed by atoms with van der Waals surface area (Å²) >= 11 is 0. The first-order valence-corrected chi connectivity index (χ1v) is 7.09. The number of nitrogens with zero attached hydrogens (tertiary/aromatic N) is 1. The van der Waals surface area contributed by atoms with Crippen molar-refractivity contribution >= 4 is 22.6 Å². The van der Waals surface area contributed by atoms with Gasteiger partial charge in [0.05, 0.1) is 7.11 Å². The Balaban J connectivity index is 1.99. The summed E-state index contributed by atoms with van der Waals surface area (Å²) in [6.07, 6.45) is 1.50. The zero-order valence-corrected chi connectivity index (χ0v) is 11.9. The van der Waals surface area contributed by atoms with Gasteiger partial charge in [-0.1, -0.05) is 36.4 Å². The van der Waals surface area contributed by atoms with E-state index in [0.717, 1.165) is 17.2 Å². The molecule has 1 atom stereocenters. The topological polar surface area (TPSA) is 46.6 Å². The highest BCUT2D eigenvalue weighted by molar-refractivity contribution is 6.08. The number of methoxy groups -OCH3 is 1. The molecule has 0 aliphatic carbocycles. The van der Waals surface area contributed by atoms with Crippen LogP contribution in [0, 0.1) is 0 Å². The van der Waals surface area contributed by atoms with Gasteiger partial charge >= 0.3 is 5.97 Å². The van der Waals surface area contributed by atoms with Crippen LogP contribution in [0.5, 0.6) is 0 Å². The number of benzene rings is 2. The van der Waals surface area contributed by atoms with Crippen LogP contribution in [0.25, 0.3) is 10.8 Å². The lowest BCUT2D eigenvalue weighted by Crippen LogP contribution is -2.41. The highest BCUT2D eigenvalue weighted by Crippen LogP contribution is 2.25. The molecule has 3 rings (SSSR count). The third-order valence-electron chi connectivity index (χ3n) is 4.01. The van der Waals surface area contributed by atoms with Gasteiger partial charge in [0.2, 0.25) is 0 Å². The average Bonchev–Trinajstić information content (AvgIpc) is 3.02. The summed E-state index contributed by atoms with van der Waals surface area (Å²) < 4.78 is 4.81. The molecule has 4 heteroatoms. The first-order valence-electron chi connectivity index (χ1n) is 7.09. The summed E-state index contributed by atoms with van der Waals surface area (Å²) in [6, 6.07) is 13.0. The number of amides is 1. The third kappa shape index (κ3) is 2.37. The number of hydrogen-bond acceptors (Lipinski definition) is 3. The Bertz CT molecular complexity index is 690. The molecule has 1 unspecified atom stereocenters. The molecule has 0 spiro atoms. The molecule has 0 aromatic heterocycles. The van der Waals surface area contributed by atoms with E-state index < -0.39 is 6.04 Å². The van der Waals surface area contributed by atoms with Crippen LogP contribution in [-0.2, 0) is 9.53 Å². The molecule has 2 aromatic rings. The Morgan fingerprint density at radius 2 is 1.90 bits per heavy atom. The fourth-order valence-corrected chi connectivity index (χ4v) is 2.96. The van der Waals surface area contributed by atoms with Gasteiger partial charge < -0.3 is 9.64 Å². The van der Waals surface area contributed by atoms with E-state index in [-0.39, 0.29) is 11.9 Å². The summed E-state index contributed by atoms with van der Waals surface area (Å²) in [5, 5.41) is 1.94. The van der Waals surface area contributed by atoms with Crippen molar-refractivity contribution in [1.29, 1.82) is 0 Å². The SMILES string of the molecule is COC(=O)C1CCCN1C(=O)c1cccc2ccccc12. The van der Waals surface area contributed by atoms with Crippen molar-refractivity contribution in [2.45, 2.75) is 18.9 Å². The van der Waals surface area contributed by atoms with Crippen LogP contribution < -0.4 is 0 Å². The van der Waals surface area contributed by atoms with Crippen LogP contribution in [0.1, 0.15) is 23.2 Å². The highest BCUT2D eigenvalue weighted by Gasteiger charge is 2.35. The fourth-order valence-electron chi connectivity index (χ4n) is 2.96. The van der Waals surface area contributed by atoms with Crippen LogP contribution in [0.2, 0.25) is 0 Å². The second-order valence-corrected chi connectivity index (χ2v) is 5.21. The number of likely N-dealkylation sites (tertiary alicyclic amines) is 1. The van der Waals surface area contributed by atoms with Gasteiger partial charge in [0, 0.05) is 12.1 Å². The van der Waals surface area contributed by atoms with Crippen molar-refractivity contribution in [3.05, 3.63) is 48.0 Å². The maximum absolute atomic E-state index is 12.8. The van der Waals surface area contributed by atoms with E-state index in [4.69, 9.17) is 4.74 Å². The Kier molecular flexibility index (Phi) is 3.60. The third-order valence-corrected chi connectivity index (χ3v) is 4.01. The lowest BCUT2D eigenvalue weighted by molar-refractivity contribution is -0.145. The zero-order valence-electron chi connectivity index (χ0n) is 11.9. The van der Waals surface area contributed by atoms with Crippen molar-refractivity contribution in [2.24, 2.45) is 0 Å². The van der Waals surface area contributed by atoms with E-state index in [1.807, 2.05) is 42.5 Å². The molecule has 108 valence electrons. The maximum Gasteiger partial charge on any atom is 0.328 e. The summed E-state index contributed by atoms with van der Waals surface area (Å²) in [7, 11) is 1.36. The summed E-state index contributed by atoms with van der Waals surface area (Å²) in [5.74, 6) is -0.430. The van der Waals surface area contributed by atoms with Gasteiger partial charge in [-0.05, 0) is 29.7 Å². The monoisotopic (exact) mass is 283 g/mol. The van der Waals surface area contributed by atoms with E-state index in [9.17, 15) is 9.59 Å². The summed E-state index contributed by atoms with van der Waals surface area (Å²) in [5.41, 5.74) is 0.643. The molecule has 4 nitrogen and oxygen atoms in total. The van der Waals surface area contributed by atoms with Gasteiger partial charge in [-0.15, -0.1) is 0 Å². The Morgan fingerprint density at radius 3 is 2.71 bits per heavy atom. The molecule has 0 radical (unpaired) electrons. The summed E-state index contributed by atoms with van der Waals surface area (Å²) in [4.78, 5) is 26.3. The smallest absolute Gasteiger partial charge is 0.328 e. The number of hydrogen-bond donors (Lipinski definition) is 0. The molecule has 0 saturated carbocycles. The molecule has 1 aliphatic heterocycles. The minimum absolute atomic E-state index is 0.0975. The second kappa shape index (κ2) is 5.56. The Labute approximate surface area is 123 Å². The number of rotatable bonds is 2. The van der Waals surface area contributed by atoms with Crippen molar-refractivity contribution < 1.29 is 14.3 Å². The van der Waals surface area contributed by atoms with E-state index in [1.165, 1.54) is 7.11 Å². The van der Waals surface area contributed by atoms with Crippen LogP contribution >= 0.6 is 0 Å². The quantitative estimate of drug-likeness (QED) is 0.796. The number of fused-ring (bicyclic) bond motifs is 1. The molecule has 1 aliphatic rings. The zero-order chi connectivity index (χ0) is 14.8. The standard InChI is InChI=1S/C17H17NO3/c1-21-17(20)15-10-5-11-18(15)16(19)14-9-4-7-12-6-2-3-8-13(12)14/h2-4,6-9,15H,5,10-11H2,1H3. The molecule has 0 bridgehead atoms. The van der Waals surface area contributed by atoms with Crippen molar-refractivity contribution in [3.8, 4) is 0 Å².